The van der Waals surface area contributed by atoms with Crippen molar-refractivity contribution in [1.82, 2.24) is 4.90 Å². The topological polar surface area (TPSA) is 65.1 Å². The van der Waals surface area contributed by atoms with Gasteiger partial charge in [-0.2, -0.15) is 0 Å². The van der Waals surface area contributed by atoms with E-state index in [4.69, 9.17) is 13.9 Å². The molecule has 7 heteroatoms. The van der Waals surface area contributed by atoms with Crippen LogP contribution in [-0.4, -0.2) is 50.1 Å². The maximum absolute atomic E-state index is 13.7. The van der Waals surface area contributed by atoms with Crippen LogP contribution in [0.4, 0.5) is 4.79 Å². The van der Waals surface area contributed by atoms with Gasteiger partial charge in [-0.3, -0.25) is 4.79 Å². The minimum atomic E-state index is -2.02. The molecule has 2 aromatic rings. The molecule has 39 heavy (non-hydrogen) atoms. The van der Waals surface area contributed by atoms with E-state index in [0.29, 0.717) is 25.4 Å². The number of ether oxygens (including phenoxy) is 2. The Labute approximate surface area is 236 Å². The number of amides is 2. The lowest BCUT2D eigenvalue weighted by atomic mass is 9.95. The molecule has 0 bridgehead atoms. The summed E-state index contributed by atoms with van der Waals surface area (Å²) in [5.41, 5.74) is 2.20. The van der Waals surface area contributed by atoms with Crippen LogP contribution in [0.1, 0.15) is 65.0 Å². The fraction of sp³-hybridized carbons (Fsp3) is 0.562. The highest BCUT2D eigenvalue weighted by Crippen LogP contribution is 2.30. The largest absolute Gasteiger partial charge is 0.447 e. The van der Waals surface area contributed by atoms with E-state index in [0.717, 1.165) is 35.7 Å². The van der Waals surface area contributed by atoms with Crippen molar-refractivity contribution in [3.8, 4) is 0 Å². The van der Waals surface area contributed by atoms with Crippen LogP contribution in [0, 0.1) is 5.92 Å². The van der Waals surface area contributed by atoms with Crippen LogP contribution in [0.5, 0.6) is 0 Å². The minimum absolute atomic E-state index is 0.0593. The summed E-state index contributed by atoms with van der Waals surface area (Å²) in [4.78, 5) is 27.8. The van der Waals surface area contributed by atoms with E-state index < -0.39 is 14.4 Å². The van der Waals surface area contributed by atoms with Gasteiger partial charge < -0.3 is 13.9 Å². The average Bonchev–Trinajstić information content (AvgIpc) is 3.33. The number of benzene rings is 2. The van der Waals surface area contributed by atoms with E-state index in [1.54, 1.807) is 0 Å². The molecule has 6 nitrogen and oxygen atoms in total. The Morgan fingerprint density at radius 1 is 0.974 bits per heavy atom. The van der Waals surface area contributed by atoms with Gasteiger partial charge in [-0.25, -0.2) is 9.69 Å². The molecule has 0 aromatic heterocycles. The fourth-order valence-corrected chi connectivity index (χ4v) is 8.27. The van der Waals surface area contributed by atoms with Gasteiger partial charge in [0.25, 0.3) is 0 Å². The second kappa shape index (κ2) is 15.3. The predicted molar refractivity (Wildman–Crippen MR) is 158 cm³/mol. The summed E-state index contributed by atoms with van der Waals surface area (Å²) in [6, 6.07) is 22.8. The second-order valence-corrected chi connectivity index (χ2v) is 15.6. The fourth-order valence-electron chi connectivity index (χ4n) is 5.39. The Morgan fingerprint density at radius 2 is 1.56 bits per heavy atom. The first-order valence-corrected chi connectivity index (χ1v) is 17.2. The molecule has 1 aliphatic rings. The maximum atomic E-state index is 13.7. The summed E-state index contributed by atoms with van der Waals surface area (Å²) in [5.74, 6) is 0.0824. The van der Waals surface area contributed by atoms with Gasteiger partial charge in [0, 0.05) is 0 Å². The maximum Gasteiger partial charge on any atom is 0.416 e. The quantitative estimate of drug-likeness (QED) is 0.203. The number of hydrogen-bond donors (Lipinski definition) is 0. The first-order valence-electron chi connectivity index (χ1n) is 14.7. The van der Waals surface area contributed by atoms with Crippen molar-refractivity contribution < 1.29 is 23.5 Å². The number of cyclic esters (lactones) is 1. The Kier molecular flexibility index (Phi) is 12.2. The van der Waals surface area contributed by atoms with Crippen molar-refractivity contribution in [2.45, 2.75) is 103 Å². The van der Waals surface area contributed by atoms with Gasteiger partial charge in [-0.1, -0.05) is 102 Å². The molecule has 214 valence electrons. The number of imide groups is 1. The van der Waals surface area contributed by atoms with Crippen molar-refractivity contribution in [3.05, 3.63) is 71.8 Å². The molecular formula is C32H47NO5Si. The lowest BCUT2D eigenvalue weighted by Gasteiger charge is -2.36. The van der Waals surface area contributed by atoms with Crippen LogP contribution >= 0.6 is 0 Å². The zero-order valence-corrected chi connectivity index (χ0v) is 25.4. The van der Waals surface area contributed by atoms with Gasteiger partial charge in [0.1, 0.15) is 6.61 Å². The van der Waals surface area contributed by atoms with Crippen LogP contribution < -0.4 is 0 Å². The zero-order valence-electron chi connectivity index (χ0n) is 24.4. The summed E-state index contributed by atoms with van der Waals surface area (Å²) in [6.07, 6.45) is 1.39. The standard InChI is InChI=1S/C32H47NO5Si/c1-6-25(5)30(36-23-27-18-14-11-15-19-27)21-29(38-39(7-2,8-3)9-4)22-31(34)33-28(24-37-32(33)35)20-26-16-12-10-13-17-26/h10-19,25,28-30H,6-9,20-24H2,1-5H3/t25-,28+,29+,30-/m0/s1. The molecule has 1 aliphatic heterocycles. The Morgan fingerprint density at radius 3 is 2.13 bits per heavy atom. The highest BCUT2D eigenvalue weighted by Gasteiger charge is 2.41. The van der Waals surface area contributed by atoms with Crippen molar-refractivity contribution in [2.75, 3.05) is 6.61 Å². The van der Waals surface area contributed by atoms with Gasteiger partial charge >= 0.3 is 6.09 Å². The molecule has 1 heterocycles. The van der Waals surface area contributed by atoms with E-state index in [-0.39, 0.29) is 37.2 Å². The van der Waals surface area contributed by atoms with Gasteiger partial charge in [0.2, 0.25) is 5.91 Å². The molecule has 0 spiro atoms. The number of carbonyl (C=O) groups excluding carboxylic acids is 2. The van der Waals surface area contributed by atoms with Crippen LogP contribution in [0.3, 0.4) is 0 Å². The second-order valence-electron chi connectivity index (χ2n) is 10.8. The summed E-state index contributed by atoms with van der Waals surface area (Å²) in [6.45, 7) is 11.7. The molecule has 0 radical (unpaired) electrons. The molecule has 0 unspecified atom stereocenters. The molecule has 1 saturated heterocycles. The molecule has 2 aromatic carbocycles. The highest BCUT2D eigenvalue weighted by atomic mass is 28.4. The van der Waals surface area contributed by atoms with Crippen molar-refractivity contribution in [2.24, 2.45) is 5.92 Å². The monoisotopic (exact) mass is 553 g/mol. The smallest absolute Gasteiger partial charge is 0.416 e. The van der Waals surface area contributed by atoms with E-state index in [2.05, 4.69) is 46.8 Å². The molecular weight excluding hydrogens is 506 g/mol. The van der Waals surface area contributed by atoms with Crippen molar-refractivity contribution >= 4 is 20.3 Å². The van der Waals surface area contributed by atoms with Gasteiger partial charge in [0.05, 0.1) is 31.3 Å². The Balaban J connectivity index is 1.79. The van der Waals surface area contributed by atoms with E-state index in [1.807, 2.05) is 48.5 Å². The number of nitrogens with zero attached hydrogens (tertiary/aromatic N) is 1. The van der Waals surface area contributed by atoms with Gasteiger partial charge in [-0.15, -0.1) is 0 Å². The van der Waals surface area contributed by atoms with E-state index in [9.17, 15) is 9.59 Å². The molecule has 2 amide bonds. The van der Waals surface area contributed by atoms with Crippen LogP contribution in [-0.2, 0) is 31.7 Å². The molecule has 3 rings (SSSR count). The normalized spacial score (nSPS) is 18.0. The first-order chi connectivity index (χ1) is 18.8. The first kappa shape index (κ1) is 31.0. The van der Waals surface area contributed by atoms with Gasteiger partial charge in [0.15, 0.2) is 8.32 Å². The van der Waals surface area contributed by atoms with E-state index >= 15 is 0 Å². The van der Waals surface area contributed by atoms with Crippen molar-refractivity contribution in [3.63, 3.8) is 0 Å². The van der Waals surface area contributed by atoms with Crippen LogP contribution in [0.15, 0.2) is 60.7 Å². The summed E-state index contributed by atoms with van der Waals surface area (Å²) in [7, 11) is -2.02. The third-order valence-electron chi connectivity index (χ3n) is 8.38. The minimum Gasteiger partial charge on any atom is -0.447 e. The summed E-state index contributed by atoms with van der Waals surface area (Å²) in [5, 5.41) is 0. The van der Waals surface area contributed by atoms with E-state index in [1.165, 1.54) is 4.90 Å². The zero-order chi connectivity index (χ0) is 28.3. The highest BCUT2D eigenvalue weighted by molar-refractivity contribution is 6.73. The summed E-state index contributed by atoms with van der Waals surface area (Å²) >= 11 is 0. The lowest BCUT2D eigenvalue weighted by molar-refractivity contribution is -0.131. The molecule has 0 saturated carbocycles. The molecule has 0 aliphatic carbocycles. The molecule has 1 fully saturated rings. The summed E-state index contributed by atoms with van der Waals surface area (Å²) < 4.78 is 18.8. The Hall–Kier alpha value is -2.48. The van der Waals surface area contributed by atoms with Crippen LogP contribution in [0.25, 0.3) is 0 Å². The SMILES string of the molecule is CC[C@H](C)[C@H](C[C@H](CC(=O)N1C(=O)OC[C@H]1Cc1ccccc1)O[Si](CC)(CC)CC)OCc1ccccc1. The van der Waals surface area contributed by atoms with Crippen molar-refractivity contribution in [1.29, 1.82) is 0 Å². The number of rotatable bonds is 16. The third kappa shape index (κ3) is 8.75. The predicted octanol–water partition coefficient (Wildman–Crippen LogP) is 7.38. The number of hydrogen-bond acceptors (Lipinski definition) is 5. The lowest BCUT2D eigenvalue weighted by Crippen LogP contribution is -2.46. The molecule has 4 atom stereocenters. The Bertz CT molecular complexity index is 1010. The van der Waals surface area contributed by atoms with Crippen LogP contribution in [0.2, 0.25) is 18.1 Å². The third-order valence-corrected chi connectivity index (χ3v) is 13.1. The average molecular weight is 554 g/mol. The van der Waals surface area contributed by atoms with Gasteiger partial charge in [-0.05, 0) is 48.0 Å². The number of carbonyl (C=O) groups is 2. The molecule has 0 N–H and O–H groups in total.